The number of nitrogens with one attached hydrogen (secondary N) is 2. The highest BCUT2D eigenvalue weighted by atomic mass is 35.5. The molecule has 0 aromatic heterocycles. The Morgan fingerprint density at radius 1 is 1.15 bits per heavy atom. The Morgan fingerprint density at radius 2 is 1.83 bits per heavy atom. The number of rotatable bonds is 19. The fraction of sp³-hybridized carbons (Fsp3) is 0.636. The molecule has 3 aliphatic heterocycles. The zero-order valence-corrected chi connectivity index (χ0v) is 37.4. The van der Waals surface area contributed by atoms with Crippen molar-refractivity contribution in [2.24, 2.45) is 11.3 Å². The third-order valence-corrected chi connectivity index (χ3v) is 11.1. The molecule has 3 fully saturated rings. The van der Waals surface area contributed by atoms with E-state index in [0.29, 0.717) is 49.4 Å². The van der Waals surface area contributed by atoms with Crippen LogP contribution in [0.15, 0.2) is 42.0 Å². The number of alkyl carbamates (subject to hydrolysis) is 1. The van der Waals surface area contributed by atoms with Gasteiger partial charge in [-0.25, -0.2) is 9.59 Å². The van der Waals surface area contributed by atoms with Crippen molar-refractivity contribution < 1.29 is 48.1 Å². The lowest BCUT2D eigenvalue weighted by Crippen LogP contribution is -2.48. The quantitative estimate of drug-likeness (QED) is 0.0453. The van der Waals surface area contributed by atoms with E-state index in [2.05, 4.69) is 36.6 Å². The van der Waals surface area contributed by atoms with Crippen molar-refractivity contribution in [3.8, 4) is 5.75 Å². The van der Waals surface area contributed by atoms with Gasteiger partial charge in [-0.3, -0.25) is 19.3 Å². The Bertz CT molecular complexity index is 1670. The number of allylic oxidation sites excluding steroid dienone is 3. The number of carbonyl (C=O) groups excluding carboxylic acids is 5. The number of carbonyl (C=O) groups is 6. The number of methoxy groups -OCH3 is 1. The second kappa shape index (κ2) is 24.1. The van der Waals surface area contributed by atoms with E-state index in [1.165, 1.54) is 29.3 Å². The van der Waals surface area contributed by atoms with Crippen LogP contribution in [0.3, 0.4) is 0 Å². The first-order chi connectivity index (χ1) is 27.7. The Labute approximate surface area is 355 Å². The number of likely N-dealkylation sites (N-methyl/N-ethyl adjacent to an activating group) is 1. The van der Waals surface area contributed by atoms with E-state index in [4.69, 9.17) is 30.9 Å². The van der Waals surface area contributed by atoms with Crippen molar-refractivity contribution in [3.05, 3.63) is 52.6 Å². The van der Waals surface area contributed by atoms with Gasteiger partial charge >= 0.3 is 12.1 Å². The normalized spacial score (nSPS) is 23.2. The molecule has 14 nitrogen and oxygen atoms in total. The molecule has 330 valence electrons. The van der Waals surface area contributed by atoms with E-state index in [1.54, 1.807) is 21.0 Å². The topological polar surface area (TPSA) is 184 Å². The molecule has 1 aromatic rings. The molecule has 3 aliphatic rings. The van der Waals surface area contributed by atoms with Crippen LogP contribution in [0.5, 0.6) is 5.75 Å². The molecular formula is C44H67ClN4O10. The summed E-state index contributed by atoms with van der Waals surface area (Å²) in [6, 6.07) is 4.98. The van der Waals surface area contributed by atoms with Gasteiger partial charge in [0.2, 0.25) is 17.7 Å². The van der Waals surface area contributed by atoms with Crippen LogP contribution in [-0.2, 0) is 39.9 Å². The number of aliphatic carboxylic acids is 1. The van der Waals surface area contributed by atoms with Crippen LogP contribution in [-0.4, -0.2) is 116 Å². The standard InChI is InChI=1S/C26H34ClNO5.C16H26N2O5.C2H7N/c1-17(14-19-10-11-21(27)23(15-19)31-4)8-5-6-9-20-16-22(32-25(30)28-20)18(2)24-26(3,33-24)12-7-13-29;1-11(14(21)22)17(4)12(19)8-6-5-7-9-18-13(20)10-16(2,3)15(18)23;1-3-2/h5-6,8,10-11,13,15,18,20,22,24H,7,9,12,14,16H2,1-4H3,(H,28,30);11H,5-10H2,1-4H3,(H,21,22);3H,1-2H3/b6-5+,17-8+;;/t18-,20?,22?,24?,26?;;/m1../s1. The number of nitrogens with zero attached hydrogens (tertiary/aromatic N) is 2. The van der Waals surface area contributed by atoms with Crippen LogP contribution in [0, 0.1) is 11.3 Å². The van der Waals surface area contributed by atoms with Crippen LogP contribution < -0.4 is 15.4 Å². The Morgan fingerprint density at radius 3 is 2.42 bits per heavy atom. The van der Waals surface area contributed by atoms with E-state index in [9.17, 15) is 28.8 Å². The number of carboxylic acids is 1. The second-order valence-corrected chi connectivity index (χ2v) is 16.9. The fourth-order valence-electron chi connectivity index (χ4n) is 7.07. The van der Waals surface area contributed by atoms with E-state index >= 15 is 0 Å². The monoisotopic (exact) mass is 846 g/mol. The summed E-state index contributed by atoms with van der Waals surface area (Å²) in [5.74, 6) is -0.751. The van der Waals surface area contributed by atoms with Gasteiger partial charge in [0.25, 0.3) is 0 Å². The molecule has 3 N–H and O–H groups in total. The van der Waals surface area contributed by atoms with Gasteiger partial charge < -0.3 is 39.6 Å². The Balaban J connectivity index is 0.000000404. The molecule has 0 radical (unpaired) electrons. The lowest BCUT2D eigenvalue weighted by Gasteiger charge is -2.33. The molecule has 0 spiro atoms. The number of amides is 4. The molecule has 1 aromatic carbocycles. The number of unbranched alkanes of at least 4 members (excludes halogenated alkanes) is 2. The molecule has 4 rings (SSSR count). The summed E-state index contributed by atoms with van der Waals surface area (Å²) >= 11 is 6.09. The maximum atomic E-state index is 12.1. The highest BCUT2D eigenvalue weighted by molar-refractivity contribution is 6.32. The number of hydrogen-bond donors (Lipinski definition) is 3. The highest BCUT2D eigenvalue weighted by Crippen LogP contribution is 2.46. The van der Waals surface area contributed by atoms with Gasteiger partial charge in [0.05, 0.1) is 29.3 Å². The summed E-state index contributed by atoms with van der Waals surface area (Å²) in [5, 5.41) is 15.1. The summed E-state index contributed by atoms with van der Waals surface area (Å²) in [4.78, 5) is 71.8. The lowest BCUT2D eigenvalue weighted by molar-refractivity contribution is -0.148. The van der Waals surface area contributed by atoms with E-state index < -0.39 is 17.4 Å². The number of aldehydes is 1. The Hall–Kier alpha value is -4.27. The average Bonchev–Trinajstić information content (AvgIpc) is 3.81. The molecule has 0 bridgehead atoms. The van der Waals surface area contributed by atoms with Crippen molar-refractivity contribution in [2.75, 3.05) is 34.8 Å². The highest BCUT2D eigenvalue weighted by Gasteiger charge is 2.56. The third-order valence-electron chi connectivity index (χ3n) is 10.8. The van der Waals surface area contributed by atoms with Gasteiger partial charge in [-0.15, -0.1) is 0 Å². The number of likely N-dealkylation sites (tertiary alicyclic amines) is 1. The van der Waals surface area contributed by atoms with Crippen LogP contribution >= 0.6 is 11.6 Å². The van der Waals surface area contributed by atoms with Crippen molar-refractivity contribution in [2.45, 2.75) is 136 Å². The number of halogens is 1. The van der Waals surface area contributed by atoms with Crippen LogP contribution in [0.4, 0.5) is 4.79 Å². The maximum Gasteiger partial charge on any atom is 0.407 e. The van der Waals surface area contributed by atoms with E-state index in [0.717, 1.165) is 31.1 Å². The van der Waals surface area contributed by atoms with Crippen LogP contribution in [0.25, 0.3) is 0 Å². The molecule has 6 atom stereocenters. The summed E-state index contributed by atoms with van der Waals surface area (Å²) < 4.78 is 16.7. The van der Waals surface area contributed by atoms with Crippen LogP contribution in [0.2, 0.25) is 5.02 Å². The summed E-state index contributed by atoms with van der Waals surface area (Å²) in [6.45, 7) is 11.6. The number of epoxide rings is 1. The minimum atomic E-state index is -1.03. The van der Waals surface area contributed by atoms with Gasteiger partial charge in [-0.2, -0.15) is 0 Å². The number of carboxylic acid groups (broad SMARTS) is 1. The Kier molecular flexibility index (Phi) is 20.8. The van der Waals surface area contributed by atoms with Crippen molar-refractivity contribution in [3.63, 3.8) is 0 Å². The molecule has 0 aliphatic carbocycles. The van der Waals surface area contributed by atoms with Gasteiger partial charge in [0.15, 0.2) is 0 Å². The zero-order chi connectivity index (χ0) is 44.5. The molecule has 0 saturated carbocycles. The average molecular weight is 847 g/mol. The van der Waals surface area contributed by atoms with Gasteiger partial charge in [0, 0.05) is 51.2 Å². The number of hydrogen-bond acceptors (Lipinski definition) is 10. The minimum Gasteiger partial charge on any atom is -0.495 e. The molecule has 15 heteroatoms. The first kappa shape index (κ1) is 50.9. The molecule has 3 heterocycles. The third kappa shape index (κ3) is 16.0. The largest absolute Gasteiger partial charge is 0.495 e. The molecule has 4 amide bonds. The van der Waals surface area contributed by atoms with Gasteiger partial charge in [0.1, 0.15) is 24.2 Å². The SMILES string of the molecule is CC(C(=O)O)N(C)C(=O)CCCCCN1C(=O)CC(C)(C)C1=O.CNC.COc1cc(C/C(C)=C/C=C/CC2CC([C@@H](C)C3OC3(C)CCC=O)OC(=O)N2)ccc1Cl. The van der Waals surface area contributed by atoms with Crippen molar-refractivity contribution in [1.29, 1.82) is 0 Å². The second-order valence-electron chi connectivity index (χ2n) is 16.5. The summed E-state index contributed by atoms with van der Waals surface area (Å²) in [5.41, 5.74) is 1.44. The number of cyclic esters (lactones) is 1. The predicted molar refractivity (Wildman–Crippen MR) is 227 cm³/mol. The summed E-state index contributed by atoms with van der Waals surface area (Å²) in [6.07, 6.45) is 12.5. The molecule has 59 heavy (non-hydrogen) atoms. The number of ether oxygens (including phenoxy) is 3. The predicted octanol–water partition coefficient (Wildman–Crippen LogP) is 6.52. The smallest absolute Gasteiger partial charge is 0.407 e. The van der Waals surface area contributed by atoms with Gasteiger partial charge in [-0.1, -0.05) is 68.7 Å². The van der Waals surface area contributed by atoms with Crippen LogP contribution in [0.1, 0.15) is 105 Å². The maximum absolute atomic E-state index is 12.1. The molecule has 3 saturated heterocycles. The first-order valence-electron chi connectivity index (χ1n) is 20.4. The number of imide groups is 1. The molecule has 5 unspecified atom stereocenters. The van der Waals surface area contributed by atoms with Crippen molar-refractivity contribution >= 4 is 47.7 Å². The lowest BCUT2D eigenvalue weighted by atomic mass is 9.86. The number of benzene rings is 1. The van der Waals surface area contributed by atoms with E-state index in [-0.39, 0.29) is 66.4 Å². The van der Waals surface area contributed by atoms with Gasteiger partial charge in [-0.05, 0) is 84.7 Å². The summed E-state index contributed by atoms with van der Waals surface area (Å²) in [7, 11) is 6.84. The van der Waals surface area contributed by atoms with E-state index in [1.807, 2.05) is 45.3 Å². The zero-order valence-electron chi connectivity index (χ0n) is 36.6. The fourth-order valence-corrected chi connectivity index (χ4v) is 7.26. The van der Waals surface area contributed by atoms with Crippen molar-refractivity contribution in [1.82, 2.24) is 20.4 Å². The minimum absolute atomic E-state index is 0.0154. The molecular weight excluding hydrogens is 780 g/mol. The first-order valence-corrected chi connectivity index (χ1v) is 20.8.